The molecule has 0 saturated carbocycles. The van der Waals surface area contributed by atoms with Crippen molar-refractivity contribution in [2.45, 2.75) is 19.8 Å². The van der Waals surface area contributed by atoms with Crippen LogP contribution in [0.5, 0.6) is 5.75 Å². The summed E-state index contributed by atoms with van der Waals surface area (Å²) in [6.45, 7) is 4.38. The highest BCUT2D eigenvalue weighted by Crippen LogP contribution is 2.42. The van der Waals surface area contributed by atoms with E-state index in [9.17, 15) is 5.02 Å². The molecule has 0 aliphatic carbocycles. The van der Waals surface area contributed by atoms with E-state index in [1.54, 1.807) is 6.20 Å². The Morgan fingerprint density at radius 2 is 2.30 bits per heavy atom. The number of pyridine rings is 1. The highest BCUT2D eigenvalue weighted by Gasteiger charge is 2.32. The van der Waals surface area contributed by atoms with Crippen LogP contribution in [0.4, 0.5) is 0 Å². The molecule has 4 heterocycles. The Morgan fingerprint density at radius 1 is 1.48 bits per heavy atom. The van der Waals surface area contributed by atoms with E-state index >= 15 is 0 Å². The molecule has 1 fully saturated rings. The van der Waals surface area contributed by atoms with Gasteiger partial charge in [0.15, 0.2) is 0 Å². The number of hydrogen-bond acceptors (Lipinski definition) is 5. The zero-order valence-corrected chi connectivity index (χ0v) is 14.0. The van der Waals surface area contributed by atoms with Gasteiger partial charge in [-0.25, -0.2) is 4.98 Å². The van der Waals surface area contributed by atoms with Crippen LogP contribution >= 0.6 is 11.9 Å². The average Bonchev–Trinajstić information content (AvgIpc) is 3.03. The van der Waals surface area contributed by atoms with Crippen LogP contribution in [-0.2, 0) is 0 Å². The van der Waals surface area contributed by atoms with Crippen molar-refractivity contribution in [3.8, 4) is 5.75 Å². The summed E-state index contributed by atoms with van der Waals surface area (Å²) in [5.41, 5.74) is 3.18. The monoisotopic (exact) mass is 329 g/mol. The molecular formula is C16H20BN3O2S. The molecule has 1 saturated heterocycles. The molecule has 0 unspecified atom stereocenters. The van der Waals surface area contributed by atoms with Crippen LogP contribution in [0.25, 0.3) is 16.6 Å². The lowest BCUT2D eigenvalue weighted by molar-refractivity contribution is 0.334. The zero-order chi connectivity index (χ0) is 15.8. The lowest BCUT2D eigenvalue weighted by atomic mass is 9.74. The average molecular weight is 329 g/mol. The van der Waals surface area contributed by atoms with E-state index < -0.39 is 7.12 Å². The van der Waals surface area contributed by atoms with Crippen molar-refractivity contribution in [1.82, 2.24) is 14.3 Å². The lowest BCUT2D eigenvalue weighted by Gasteiger charge is -2.34. The quantitative estimate of drug-likeness (QED) is 0.670. The van der Waals surface area contributed by atoms with Gasteiger partial charge in [-0.3, -0.25) is 4.31 Å². The molecule has 0 atom stereocenters. The number of aromatic amines is 1. The fourth-order valence-corrected chi connectivity index (χ4v) is 4.43. The maximum absolute atomic E-state index is 10.1. The van der Waals surface area contributed by atoms with Crippen LogP contribution in [0.1, 0.15) is 25.3 Å². The van der Waals surface area contributed by atoms with E-state index in [1.807, 2.05) is 30.2 Å². The van der Waals surface area contributed by atoms with Gasteiger partial charge in [-0.05, 0) is 36.4 Å². The van der Waals surface area contributed by atoms with Crippen LogP contribution in [0.3, 0.4) is 0 Å². The van der Waals surface area contributed by atoms with Crippen molar-refractivity contribution >= 4 is 35.7 Å². The van der Waals surface area contributed by atoms with Gasteiger partial charge in [0.2, 0.25) is 0 Å². The second-order valence-electron chi connectivity index (χ2n) is 5.99. The molecule has 120 valence electrons. The standard InChI is InChI=1S/C16H20BN3O2S/c1-2-23-20-7-4-11(5-8-20)13-9-17(21)22-14-10-19-16-12(15(13)14)3-6-18-16/h3,6,9-11,21H,2,4-5,7-8H2,1H3,(H,18,19). The van der Waals surface area contributed by atoms with Crippen molar-refractivity contribution < 1.29 is 9.68 Å². The smallest absolute Gasteiger partial charge is 0.531 e. The Kier molecular flexibility index (Phi) is 4.09. The van der Waals surface area contributed by atoms with Crippen LogP contribution in [0.2, 0.25) is 0 Å². The van der Waals surface area contributed by atoms with Crippen molar-refractivity contribution in [3.63, 3.8) is 0 Å². The molecule has 7 heteroatoms. The van der Waals surface area contributed by atoms with Gasteiger partial charge in [-0.2, -0.15) is 0 Å². The minimum Gasteiger partial charge on any atom is -0.531 e. The van der Waals surface area contributed by atoms with E-state index in [1.165, 1.54) is 5.57 Å². The number of allylic oxidation sites excluding steroid dienone is 1. The van der Waals surface area contributed by atoms with Gasteiger partial charge < -0.3 is 14.7 Å². The van der Waals surface area contributed by atoms with Crippen molar-refractivity contribution in [2.24, 2.45) is 5.92 Å². The molecule has 5 nitrogen and oxygen atoms in total. The first kappa shape index (κ1) is 15.1. The van der Waals surface area contributed by atoms with Gasteiger partial charge in [0.1, 0.15) is 11.4 Å². The molecule has 23 heavy (non-hydrogen) atoms. The Bertz CT molecular complexity index is 740. The molecular weight excluding hydrogens is 309 g/mol. The third-order valence-corrected chi connectivity index (χ3v) is 5.60. The highest BCUT2D eigenvalue weighted by atomic mass is 32.2. The maximum Gasteiger partial charge on any atom is 0.552 e. The number of H-pyrrole nitrogens is 1. The van der Waals surface area contributed by atoms with Gasteiger partial charge in [0, 0.05) is 36.0 Å². The fourth-order valence-electron chi connectivity index (χ4n) is 3.60. The summed E-state index contributed by atoms with van der Waals surface area (Å²) in [5.74, 6) is 4.15. The second kappa shape index (κ2) is 6.22. The number of nitrogens with zero attached hydrogens (tertiary/aromatic N) is 2. The fraction of sp³-hybridized carbons (Fsp3) is 0.438. The molecule has 0 radical (unpaired) electrons. The van der Waals surface area contributed by atoms with E-state index in [0.29, 0.717) is 11.7 Å². The predicted molar refractivity (Wildman–Crippen MR) is 95.1 cm³/mol. The molecule has 0 bridgehead atoms. The summed E-state index contributed by atoms with van der Waals surface area (Å²) in [4.78, 5) is 7.53. The first-order chi connectivity index (χ1) is 11.3. The molecule has 2 aromatic heterocycles. The molecule has 4 rings (SSSR count). The van der Waals surface area contributed by atoms with E-state index in [0.717, 1.165) is 48.3 Å². The van der Waals surface area contributed by atoms with Crippen LogP contribution in [0.15, 0.2) is 24.4 Å². The summed E-state index contributed by atoms with van der Waals surface area (Å²) >= 11 is 1.92. The molecule has 0 aromatic carbocycles. The third-order valence-electron chi connectivity index (χ3n) is 4.62. The van der Waals surface area contributed by atoms with E-state index in [-0.39, 0.29) is 0 Å². The van der Waals surface area contributed by atoms with Gasteiger partial charge >= 0.3 is 7.12 Å². The minimum absolute atomic E-state index is 0.460. The van der Waals surface area contributed by atoms with E-state index in [2.05, 4.69) is 21.2 Å². The zero-order valence-electron chi connectivity index (χ0n) is 13.2. The van der Waals surface area contributed by atoms with Gasteiger partial charge in [-0.1, -0.05) is 18.9 Å². The number of piperidine rings is 1. The number of fused-ring (bicyclic) bond motifs is 3. The first-order valence-electron chi connectivity index (χ1n) is 8.17. The Morgan fingerprint density at radius 3 is 3.09 bits per heavy atom. The normalized spacial score (nSPS) is 19.6. The SMILES string of the molecule is CCSN1CCC(C2=CB(O)Oc3cnc4[nH]ccc4c32)CC1. The summed E-state index contributed by atoms with van der Waals surface area (Å²) in [6.07, 6.45) is 5.84. The first-order valence-corrected chi connectivity index (χ1v) is 9.11. The molecule has 2 aliphatic heterocycles. The largest absolute Gasteiger partial charge is 0.552 e. The van der Waals surface area contributed by atoms with Crippen LogP contribution in [0, 0.1) is 5.92 Å². The van der Waals surface area contributed by atoms with Crippen LogP contribution < -0.4 is 4.65 Å². The van der Waals surface area contributed by atoms with E-state index in [4.69, 9.17) is 4.65 Å². The Labute approximate surface area is 140 Å². The summed E-state index contributed by atoms with van der Waals surface area (Å²) in [7, 11) is -0.876. The van der Waals surface area contributed by atoms with Crippen molar-refractivity contribution in [3.05, 3.63) is 30.0 Å². The number of aromatic nitrogens is 2. The predicted octanol–water partition coefficient (Wildman–Crippen LogP) is 2.74. The summed E-state index contributed by atoms with van der Waals surface area (Å²) < 4.78 is 8.03. The summed E-state index contributed by atoms with van der Waals surface area (Å²) in [6, 6.07) is 2.04. The minimum atomic E-state index is -0.876. The Balaban J connectivity index is 1.68. The second-order valence-corrected chi connectivity index (χ2v) is 7.34. The van der Waals surface area contributed by atoms with Crippen molar-refractivity contribution in [2.75, 3.05) is 18.8 Å². The van der Waals surface area contributed by atoms with Crippen LogP contribution in [-0.4, -0.2) is 45.3 Å². The summed E-state index contributed by atoms with van der Waals surface area (Å²) in [5, 5.41) is 11.1. The number of rotatable bonds is 3. The molecule has 0 spiro atoms. The molecule has 0 amide bonds. The van der Waals surface area contributed by atoms with Gasteiger partial charge in [-0.15, -0.1) is 0 Å². The third kappa shape index (κ3) is 2.77. The Hall–Kier alpha value is -1.44. The number of nitrogens with one attached hydrogen (secondary N) is 1. The molecule has 2 N–H and O–H groups in total. The highest BCUT2D eigenvalue weighted by molar-refractivity contribution is 7.96. The number of hydrogen-bond donors (Lipinski definition) is 2. The topological polar surface area (TPSA) is 61.4 Å². The molecule has 2 aromatic rings. The maximum atomic E-state index is 10.1. The van der Waals surface area contributed by atoms with Crippen molar-refractivity contribution in [1.29, 1.82) is 0 Å². The van der Waals surface area contributed by atoms with Gasteiger partial charge in [0.25, 0.3) is 0 Å². The molecule has 2 aliphatic rings. The van der Waals surface area contributed by atoms with Gasteiger partial charge in [0.05, 0.1) is 6.20 Å². The lowest BCUT2D eigenvalue weighted by Crippen LogP contribution is -2.32.